The Kier molecular flexibility index (Phi) is 8.82. The average molecular weight is 658 g/mol. The van der Waals surface area contributed by atoms with Crippen molar-refractivity contribution in [3.63, 3.8) is 0 Å². The number of carboxylic acid groups (broad SMARTS) is 1. The van der Waals surface area contributed by atoms with Crippen LogP contribution in [0.15, 0.2) is 45.6 Å². The second-order valence-corrected chi connectivity index (χ2v) is 12.3. The number of rotatable bonds is 4. The van der Waals surface area contributed by atoms with E-state index in [9.17, 15) is 9.59 Å². The van der Waals surface area contributed by atoms with Gasteiger partial charge in [0.25, 0.3) is 0 Å². The fourth-order valence-electron chi connectivity index (χ4n) is 6.33. The van der Waals surface area contributed by atoms with Crippen molar-refractivity contribution in [2.45, 2.75) is 76.0 Å². The number of aromatic amines is 2. The number of carboxylic acids is 1. The Bertz CT molecular complexity index is 1490. The van der Waals surface area contributed by atoms with Crippen LogP contribution in [0, 0.1) is 0 Å². The van der Waals surface area contributed by atoms with Gasteiger partial charge in [0.2, 0.25) is 0 Å². The van der Waals surface area contributed by atoms with E-state index in [1.165, 1.54) is 87.8 Å². The third-order valence-electron chi connectivity index (χ3n) is 8.28. The second kappa shape index (κ2) is 12.3. The first-order valence-corrected chi connectivity index (χ1v) is 15.4. The molecule has 0 unspecified atom stereocenters. The number of methoxy groups -OCH3 is 1. The summed E-state index contributed by atoms with van der Waals surface area (Å²) in [6, 6.07) is 11.1. The molecule has 2 aliphatic carbocycles. The number of hydrogen-bond acceptors (Lipinski definition) is 3. The molecular formula is C31H34Br2N2O4. The van der Waals surface area contributed by atoms with Gasteiger partial charge in [0.05, 0.1) is 27.4 Å². The highest BCUT2D eigenvalue weighted by molar-refractivity contribution is 9.10. The van der Waals surface area contributed by atoms with Gasteiger partial charge >= 0.3 is 11.9 Å². The summed E-state index contributed by atoms with van der Waals surface area (Å²) in [5.41, 5.74) is 5.52. The Morgan fingerprint density at radius 1 is 0.744 bits per heavy atom. The van der Waals surface area contributed by atoms with Crippen molar-refractivity contribution in [1.29, 1.82) is 0 Å². The summed E-state index contributed by atoms with van der Waals surface area (Å²) in [5, 5.41) is 11.4. The molecule has 2 aliphatic rings. The number of aromatic nitrogens is 2. The lowest BCUT2D eigenvalue weighted by molar-refractivity contribution is 0.0600. The molecule has 2 fully saturated rings. The topological polar surface area (TPSA) is 95.2 Å². The molecule has 2 aromatic heterocycles. The summed E-state index contributed by atoms with van der Waals surface area (Å²) >= 11 is 7.26. The fourth-order valence-corrected chi connectivity index (χ4v) is 7.83. The summed E-state index contributed by atoms with van der Waals surface area (Å²) in [4.78, 5) is 29.2. The van der Waals surface area contributed by atoms with Gasteiger partial charge in [0.15, 0.2) is 0 Å². The first-order chi connectivity index (χ1) is 18.9. The monoisotopic (exact) mass is 656 g/mol. The molecule has 4 aromatic rings. The van der Waals surface area contributed by atoms with E-state index < -0.39 is 5.97 Å². The summed E-state index contributed by atoms with van der Waals surface area (Å²) in [5.74, 6) is 0.0343. The van der Waals surface area contributed by atoms with Gasteiger partial charge in [-0.3, -0.25) is 0 Å². The van der Waals surface area contributed by atoms with Gasteiger partial charge in [0, 0.05) is 21.8 Å². The smallest absolute Gasteiger partial charge is 0.337 e. The van der Waals surface area contributed by atoms with Crippen LogP contribution < -0.4 is 0 Å². The van der Waals surface area contributed by atoms with Crippen molar-refractivity contribution in [1.82, 2.24) is 9.97 Å². The third-order valence-corrected chi connectivity index (χ3v) is 9.53. The van der Waals surface area contributed by atoms with Crippen molar-refractivity contribution in [3.8, 4) is 0 Å². The fraction of sp³-hybridized carbons (Fsp3) is 0.419. The Labute approximate surface area is 245 Å². The minimum absolute atomic E-state index is 0.295. The molecule has 2 heterocycles. The number of nitrogens with one attached hydrogen (secondary N) is 2. The predicted octanol–water partition coefficient (Wildman–Crippen LogP) is 9.44. The first kappa shape index (κ1) is 28.0. The molecule has 0 radical (unpaired) electrons. The maximum Gasteiger partial charge on any atom is 0.337 e. The van der Waals surface area contributed by atoms with Crippen molar-refractivity contribution < 1.29 is 19.4 Å². The number of carbonyl (C=O) groups excluding carboxylic acids is 1. The van der Waals surface area contributed by atoms with Crippen molar-refractivity contribution in [2.75, 3.05) is 7.11 Å². The van der Waals surface area contributed by atoms with E-state index in [-0.39, 0.29) is 5.97 Å². The minimum atomic E-state index is -0.883. The first-order valence-electron chi connectivity index (χ1n) is 13.8. The normalized spacial score (nSPS) is 16.7. The van der Waals surface area contributed by atoms with Gasteiger partial charge in [0.1, 0.15) is 0 Å². The molecule has 0 amide bonds. The highest BCUT2D eigenvalue weighted by Crippen LogP contribution is 2.42. The number of benzene rings is 2. The standard InChI is InChI=1S/C16H18BrNO2.C15H16BrNO2/c1-20-16(19)11-7-8-12-13(9-11)18-15(17)14(12)10-5-3-2-4-6-10;16-14-13(9-4-2-1-3-5-9)11-7-6-10(15(18)19)8-12(11)17-14/h7-10,18H,2-6H2,1H3;6-9,17H,1-5H2,(H,18,19). The van der Waals surface area contributed by atoms with E-state index in [1.54, 1.807) is 12.1 Å². The van der Waals surface area contributed by atoms with E-state index in [1.807, 2.05) is 24.3 Å². The van der Waals surface area contributed by atoms with Gasteiger partial charge in [-0.15, -0.1) is 0 Å². The number of fused-ring (bicyclic) bond motifs is 2. The number of ether oxygens (including phenoxy) is 1. The van der Waals surface area contributed by atoms with E-state index in [0.29, 0.717) is 23.0 Å². The molecule has 0 bridgehead atoms. The molecule has 206 valence electrons. The van der Waals surface area contributed by atoms with Crippen molar-refractivity contribution in [3.05, 3.63) is 67.9 Å². The second-order valence-electron chi connectivity index (χ2n) is 10.7. The molecule has 39 heavy (non-hydrogen) atoms. The predicted molar refractivity (Wildman–Crippen MR) is 162 cm³/mol. The van der Waals surface area contributed by atoms with Gasteiger partial charge in [-0.1, -0.05) is 50.7 Å². The molecule has 0 aliphatic heterocycles. The maximum absolute atomic E-state index is 11.6. The Balaban J connectivity index is 0.000000158. The molecule has 0 saturated heterocycles. The van der Waals surface area contributed by atoms with Gasteiger partial charge in [-0.2, -0.15) is 0 Å². The highest BCUT2D eigenvalue weighted by atomic mass is 79.9. The van der Waals surface area contributed by atoms with Crippen molar-refractivity contribution >= 4 is 65.6 Å². The molecule has 2 aromatic carbocycles. The summed E-state index contributed by atoms with van der Waals surface area (Å²) in [7, 11) is 1.41. The van der Waals surface area contributed by atoms with Gasteiger partial charge < -0.3 is 19.8 Å². The van der Waals surface area contributed by atoms with Gasteiger partial charge in [-0.25, -0.2) is 9.59 Å². The highest BCUT2D eigenvalue weighted by Gasteiger charge is 2.23. The van der Waals surface area contributed by atoms with Crippen molar-refractivity contribution in [2.24, 2.45) is 0 Å². The lowest BCUT2D eigenvalue weighted by Gasteiger charge is -2.21. The molecule has 3 N–H and O–H groups in total. The van der Waals surface area contributed by atoms with E-state index >= 15 is 0 Å². The van der Waals surface area contributed by atoms with Crippen LogP contribution >= 0.6 is 31.9 Å². The van der Waals surface area contributed by atoms with Crippen LogP contribution in [0.2, 0.25) is 0 Å². The zero-order valence-corrected chi connectivity index (χ0v) is 25.3. The Hall–Kier alpha value is -2.58. The lowest BCUT2D eigenvalue weighted by atomic mass is 9.84. The van der Waals surface area contributed by atoms with Crippen LogP contribution in [0.3, 0.4) is 0 Å². The summed E-state index contributed by atoms with van der Waals surface area (Å²) in [6.45, 7) is 0. The summed E-state index contributed by atoms with van der Waals surface area (Å²) < 4.78 is 6.84. The van der Waals surface area contributed by atoms with Crippen LogP contribution in [-0.2, 0) is 4.74 Å². The molecule has 6 rings (SSSR count). The van der Waals surface area contributed by atoms with E-state index in [4.69, 9.17) is 9.84 Å². The quantitative estimate of drug-likeness (QED) is 0.191. The SMILES string of the molecule is COC(=O)c1ccc2c(C3CCCCC3)c(Br)[nH]c2c1.O=C(O)c1ccc2c(C3CCCCC3)c(Br)[nH]c2c1. The maximum atomic E-state index is 11.6. The average Bonchev–Trinajstić information content (AvgIpc) is 3.47. The molecule has 2 saturated carbocycles. The molecule has 0 atom stereocenters. The Morgan fingerprint density at radius 3 is 1.62 bits per heavy atom. The molecular weight excluding hydrogens is 624 g/mol. The Morgan fingerprint density at radius 2 is 1.18 bits per heavy atom. The number of hydrogen-bond donors (Lipinski definition) is 3. The van der Waals surface area contributed by atoms with Crippen LogP contribution in [-0.4, -0.2) is 34.1 Å². The largest absolute Gasteiger partial charge is 0.478 e. The van der Waals surface area contributed by atoms with Crippen LogP contribution in [0.1, 0.15) is 108 Å². The number of halogens is 2. The minimum Gasteiger partial charge on any atom is -0.478 e. The molecule has 8 heteroatoms. The van der Waals surface area contributed by atoms with Gasteiger partial charge in [-0.05, 0) is 105 Å². The van der Waals surface area contributed by atoms with Crippen LogP contribution in [0.4, 0.5) is 0 Å². The molecule has 6 nitrogen and oxygen atoms in total. The number of esters is 1. The zero-order valence-electron chi connectivity index (χ0n) is 22.1. The summed E-state index contributed by atoms with van der Waals surface area (Å²) in [6.07, 6.45) is 12.8. The number of H-pyrrole nitrogens is 2. The van der Waals surface area contributed by atoms with Crippen LogP contribution in [0.25, 0.3) is 21.8 Å². The number of aromatic carboxylic acids is 1. The van der Waals surface area contributed by atoms with E-state index in [0.717, 1.165) is 25.6 Å². The van der Waals surface area contributed by atoms with E-state index in [2.05, 4.69) is 41.8 Å². The third kappa shape index (κ3) is 5.97. The molecule has 0 spiro atoms. The zero-order chi connectivity index (χ0) is 27.5. The van der Waals surface area contributed by atoms with Crippen LogP contribution in [0.5, 0.6) is 0 Å². The lowest BCUT2D eigenvalue weighted by Crippen LogP contribution is -2.04. The number of carbonyl (C=O) groups is 2.